The molecule has 2 aromatic carbocycles. The van der Waals surface area contributed by atoms with Crippen LogP contribution in [0.25, 0.3) is 0 Å². The largest absolute Gasteiger partial charge is 0.326 e. The number of carbonyl (C=O) groups is 1. The molecule has 1 atom stereocenters. The average molecular weight is 412 g/mol. The number of carbonyl (C=O) groups excluding carboxylic acids is 1. The van der Waals surface area contributed by atoms with Crippen LogP contribution in [-0.4, -0.2) is 23.9 Å². The Labute approximate surface area is 169 Å². The summed E-state index contributed by atoms with van der Waals surface area (Å²) in [6.07, 6.45) is 1.87. The predicted octanol–water partition coefficient (Wildman–Crippen LogP) is 5.81. The molecule has 3 rings (SSSR count). The normalized spacial score (nSPS) is 17.9. The van der Waals surface area contributed by atoms with Crippen LogP contribution in [0.1, 0.15) is 24.0 Å². The maximum Gasteiger partial charge on any atom is 0.228 e. The van der Waals surface area contributed by atoms with Gasteiger partial charge in [0.05, 0.1) is 5.92 Å². The number of nitrogens with zero attached hydrogens (tertiary/aromatic N) is 1. The van der Waals surface area contributed by atoms with Crippen LogP contribution in [0.15, 0.2) is 36.4 Å². The number of halogens is 3. The van der Waals surface area contributed by atoms with Crippen LogP contribution in [0.4, 0.5) is 5.69 Å². The Bertz CT molecular complexity index is 810. The van der Waals surface area contributed by atoms with Crippen molar-refractivity contribution in [3.05, 3.63) is 62.6 Å². The lowest BCUT2D eigenvalue weighted by atomic mass is 9.96. The summed E-state index contributed by atoms with van der Waals surface area (Å²) in [5, 5.41) is 4.94. The summed E-state index contributed by atoms with van der Waals surface area (Å²) in [6.45, 7) is 4.33. The molecule has 1 aliphatic heterocycles. The molecule has 0 bridgehead atoms. The number of anilines is 1. The van der Waals surface area contributed by atoms with Crippen molar-refractivity contribution >= 4 is 46.4 Å². The average Bonchev–Trinajstić information content (AvgIpc) is 2.61. The van der Waals surface area contributed by atoms with Gasteiger partial charge in [0.15, 0.2) is 0 Å². The van der Waals surface area contributed by atoms with E-state index in [0.29, 0.717) is 21.6 Å². The third-order valence-electron chi connectivity index (χ3n) is 4.72. The molecule has 1 saturated heterocycles. The molecule has 0 aromatic heterocycles. The molecule has 1 aliphatic rings. The summed E-state index contributed by atoms with van der Waals surface area (Å²) >= 11 is 18.4. The Hall–Kier alpha value is -1.26. The van der Waals surface area contributed by atoms with E-state index in [1.807, 2.05) is 31.2 Å². The zero-order valence-electron chi connectivity index (χ0n) is 14.6. The molecule has 1 heterocycles. The van der Waals surface area contributed by atoms with E-state index in [0.717, 1.165) is 42.7 Å². The Balaban J connectivity index is 1.62. The summed E-state index contributed by atoms with van der Waals surface area (Å²) in [7, 11) is 0. The van der Waals surface area contributed by atoms with Crippen molar-refractivity contribution in [1.82, 2.24) is 4.90 Å². The minimum Gasteiger partial charge on any atom is -0.326 e. The molecule has 1 fully saturated rings. The lowest BCUT2D eigenvalue weighted by Gasteiger charge is -2.32. The van der Waals surface area contributed by atoms with Crippen LogP contribution in [0.5, 0.6) is 0 Å². The van der Waals surface area contributed by atoms with Gasteiger partial charge in [0.25, 0.3) is 0 Å². The van der Waals surface area contributed by atoms with Gasteiger partial charge in [0.1, 0.15) is 0 Å². The van der Waals surface area contributed by atoms with Gasteiger partial charge >= 0.3 is 0 Å². The Morgan fingerprint density at radius 2 is 1.96 bits per heavy atom. The number of hydrogen-bond acceptors (Lipinski definition) is 2. The van der Waals surface area contributed by atoms with E-state index in [-0.39, 0.29) is 11.8 Å². The second-order valence-corrected chi connectivity index (χ2v) is 8.01. The molecule has 1 N–H and O–H groups in total. The lowest BCUT2D eigenvalue weighted by molar-refractivity contribution is -0.121. The number of piperidine rings is 1. The van der Waals surface area contributed by atoms with Crippen molar-refractivity contribution in [3.8, 4) is 0 Å². The highest BCUT2D eigenvalue weighted by Crippen LogP contribution is 2.26. The maximum atomic E-state index is 12.6. The first kappa shape index (κ1) is 19.5. The van der Waals surface area contributed by atoms with Crippen LogP contribution in [0.3, 0.4) is 0 Å². The zero-order chi connectivity index (χ0) is 18.7. The van der Waals surface area contributed by atoms with Crippen LogP contribution in [0.2, 0.25) is 15.1 Å². The number of amides is 1. The molecule has 1 amide bonds. The number of benzene rings is 2. The van der Waals surface area contributed by atoms with Crippen LogP contribution < -0.4 is 5.32 Å². The third kappa shape index (κ3) is 4.92. The molecular weight excluding hydrogens is 391 g/mol. The molecule has 3 nitrogen and oxygen atoms in total. The molecule has 0 aliphatic carbocycles. The lowest BCUT2D eigenvalue weighted by Crippen LogP contribution is -2.40. The van der Waals surface area contributed by atoms with E-state index in [1.54, 1.807) is 12.1 Å². The van der Waals surface area contributed by atoms with Gasteiger partial charge in [0, 0.05) is 33.8 Å². The summed E-state index contributed by atoms with van der Waals surface area (Å²) in [5.74, 6) is -0.00766. The van der Waals surface area contributed by atoms with Crippen molar-refractivity contribution in [2.24, 2.45) is 5.92 Å². The smallest absolute Gasteiger partial charge is 0.228 e. The van der Waals surface area contributed by atoms with Gasteiger partial charge in [-0.05, 0) is 61.7 Å². The molecule has 6 heteroatoms. The fourth-order valence-corrected chi connectivity index (χ4v) is 3.87. The van der Waals surface area contributed by atoms with Crippen LogP contribution >= 0.6 is 34.8 Å². The van der Waals surface area contributed by atoms with Crippen molar-refractivity contribution in [2.45, 2.75) is 26.3 Å². The second kappa shape index (κ2) is 8.62. The van der Waals surface area contributed by atoms with E-state index in [1.165, 1.54) is 0 Å². The van der Waals surface area contributed by atoms with Crippen LogP contribution in [-0.2, 0) is 11.3 Å². The van der Waals surface area contributed by atoms with E-state index in [4.69, 9.17) is 34.8 Å². The zero-order valence-corrected chi connectivity index (χ0v) is 16.8. The van der Waals surface area contributed by atoms with Gasteiger partial charge in [-0.1, -0.05) is 46.9 Å². The van der Waals surface area contributed by atoms with E-state index >= 15 is 0 Å². The number of nitrogens with one attached hydrogen (secondary N) is 1. The number of hydrogen-bond donors (Lipinski definition) is 1. The Morgan fingerprint density at radius 1 is 1.15 bits per heavy atom. The summed E-state index contributed by atoms with van der Waals surface area (Å²) in [5.41, 5.74) is 2.76. The monoisotopic (exact) mass is 410 g/mol. The van der Waals surface area contributed by atoms with E-state index < -0.39 is 0 Å². The van der Waals surface area contributed by atoms with Gasteiger partial charge in [-0.2, -0.15) is 0 Å². The Morgan fingerprint density at radius 3 is 2.69 bits per heavy atom. The molecule has 138 valence electrons. The summed E-state index contributed by atoms with van der Waals surface area (Å²) < 4.78 is 0. The fraction of sp³-hybridized carbons (Fsp3) is 0.350. The first-order valence-corrected chi connectivity index (χ1v) is 9.79. The van der Waals surface area contributed by atoms with Crippen LogP contribution in [0, 0.1) is 12.8 Å². The molecule has 1 unspecified atom stereocenters. The minimum absolute atomic E-state index is 0.0387. The molecule has 0 saturated carbocycles. The SMILES string of the molecule is Cc1ccc(NC(=O)C2CCCN(Cc3ccc(Cl)cc3Cl)C2)cc1Cl. The van der Waals surface area contributed by atoms with Gasteiger partial charge in [-0.25, -0.2) is 0 Å². The molecule has 26 heavy (non-hydrogen) atoms. The summed E-state index contributed by atoms with van der Waals surface area (Å²) in [4.78, 5) is 14.9. The first-order valence-electron chi connectivity index (χ1n) is 8.65. The standard InChI is InChI=1S/C20H21Cl3N2O/c1-13-4-7-17(10-18(13)22)24-20(26)15-3-2-8-25(12-15)11-14-5-6-16(21)9-19(14)23/h4-7,9-10,15H,2-3,8,11-12H2,1H3,(H,24,26). The van der Waals surface area contributed by atoms with Gasteiger partial charge < -0.3 is 5.32 Å². The molecule has 0 spiro atoms. The minimum atomic E-state index is -0.0464. The van der Waals surface area contributed by atoms with Crippen molar-refractivity contribution in [3.63, 3.8) is 0 Å². The van der Waals surface area contributed by atoms with Gasteiger partial charge in [-0.3, -0.25) is 9.69 Å². The van der Waals surface area contributed by atoms with Crippen molar-refractivity contribution in [2.75, 3.05) is 18.4 Å². The highest BCUT2D eigenvalue weighted by atomic mass is 35.5. The molecule has 0 radical (unpaired) electrons. The van der Waals surface area contributed by atoms with E-state index in [9.17, 15) is 4.79 Å². The van der Waals surface area contributed by atoms with Gasteiger partial charge in [-0.15, -0.1) is 0 Å². The predicted molar refractivity (Wildman–Crippen MR) is 109 cm³/mol. The third-order valence-corrected chi connectivity index (χ3v) is 5.72. The fourth-order valence-electron chi connectivity index (χ4n) is 3.22. The maximum absolute atomic E-state index is 12.6. The second-order valence-electron chi connectivity index (χ2n) is 6.76. The quantitative estimate of drug-likeness (QED) is 0.689. The number of aryl methyl sites for hydroxylation is 1. The topological polar surface area (TPSA) is 32.3 Å². The van der Waals surface area contributed by atoms with Gasteiger partial charge in [0.2, 0.25) is 5.91 Å². The van der Waals surface area contributed by atoms with Crippen molar-refractivity contribution < 1.29 is 4.79 Å². The molecule has 2 aromatic rings. The molecular formula is C20H21Cl3N2O. The first-order chi connectivity index (χ1) is 12.4. The van der Waals surface area contributed by atoms with Crippen molar-refractivity contribution in [1.29, 1.82) is 0 Å². The van der Waals surface area contributed by atoms with E-state index in [2.05, 4.69) is 10.2 Å². The highest BCUT2D eigenvalue weighted by Gasteiger charge is 2.26. The number of likely N-dealkylation sites (tertiary alicyclic amines) is 1. The number of rotatable bonds is 4. The summed E-state index contributed by atoms with van der Waals surface area (Å²) in [6, 6.07) is 11.1. The highest BCUT2D eigenvalue weighted by molar-refractivity contribution is 6.35. The Kier molecular flexibility index (Phi) is 6.46.